The molecular formula is C14H11ClN2O4S2. The molecule has 120 valence electrons. The van der Waals surface area contributed by atoms with Crippen LogP contribution in [0.15, 0.2) is 45.0 Å². The molecule has 0 saturated heterocycles. The lowest BCUT2D eigenvalue weighted by Gasteiger charge is -2.05. The molecule has 23 heavy (non-hydrogen) atoms. The van der Waals surface area contributed by atoms with Crippen molar-refractivity contribution in [2.45, 2.75) is 11.1 Å². The predicted molar refractivity (Wildman–Crippen MR) is 88.1 cm³/mol. The molecule has 0 spiro atoms. The molecule has 2 aromatic heterocycles. The molecule has 0 aliphatic carbocycles. The number of thiophene rings is 1. The van der Waals surface area contributed by atoms with Crippen LogP contribution in [0.25, 0.3) is 11.0 Å². The molecule has 1 aromatic carbocycles. The highest BCUT2D eigenvalue weighted by Gasteiger charge is 2.21. The molecule has 2 N–H and O–H groups in total. The Morgan fingerprint density at radius 1 is 1.22 bits per heavy atom. The second-order valence-corrected chi connectivity index (χ2v) is 8.29. The molecule has 0 atom stereocenters. The summed E-state index contributed by atoms with van der Waals surface area (Å²) in [7, 11) is -3.87. The number of carbonyl (C=O) groups is 1. The van der Waals surface area contributed by atoms with Crippen molar-refractivity contribution in [1.82, 2.24) is 10.3 Å². The quantitative estimate of drug-likeness (QED) is 0.691. The van der Waals surface area contributed by atoms with E-state index in [-0.39, 0.29) is 9.97 Å². The van der Waals surface area contributed by atoms with Crippen LogP contribution >= 0.6 is 22.9 Å². The Kier molecular flexibility index (Phi) is 4.15. The summed E-state index contributed by atoms with van der Waals surface area (Å²) in [4.78, 5) is 14.2. The van der Waals surface area contributed by atoms with E-state index in [4.69, 9.17) is 16.0 Å². The summed E-state index contributed by atoms with van der Waals surface area (Å²) in [5.74, 6) is -0.622. The van der Waals surface area contributed by atoms with Gasteiger partial charge in [0.25, 0.3) is 10.0 Å². The largest absolute Gasteiger partial charge is 0.451 e. The highest BCUT2D eigenvalue weighted by molar-refractivity contribution is 7.91. The van der Waals surface area contributed by atoms with Gasteiger partial charge in [0.1, 0.15) is 9.79 Å². The molecule has 3 rings (SSSR count). The van der Waals surface area contributed by atoms with Crippen LogP contribution in [0, 0.1) is 6.92 Å². The molecule has 1 amide bonds. The summed E-state index contributed by atoms with van der Waals surface area (Å²) >= 11 is 6.60. The average Bonchev–Trinajstić information content (AvgIpc) is 3.10. The Morgan fingerprint density at radius 2 is 1.96 bits per heavy atom. The number of furan rings is 1. The minimum Gasteiger partial charge on any atom is -0.451 e. The van der Waals surface area contributed by atoms with Crippen molar-refractivity contribution in [3.8, 4) is 0 Å². The van der Waals surface area contributed by atoms with Gasteiger partial charge < -0.3 is 4.42 Å². The first kappa shape index (κ1) is 16.0. The number of fused-ring (bicyclic) bond motifs is 1. The first-order chi connectivity index (χ1) is 10.9. The summed E-state index contributed by atoms with van der Waals surface area (Å²) in [5, 5.41) is 0.797. The number of hydrazine groups is 1. The number of aryl methyl sites for hydroxylation is 1. The minimum absolute atomic E-state index is 0.00382. The fraction of sp³-hybridized carbons (Fsp3) is 0.0714. The molecule has 0 aliphatic rings. The van der Waals surface area contributed by atoms with Crippen molar-refractivity contribution in [2.24, 2.45) is 0 Å². The number of amides is 1. The maximum absolute atomic E-state index is 12.2. The molecule has 6 nitrogen and oxygen atoms in total. The van der Waals surface area contributed by atoms with Gasteiger partial charge in [-0.1, -0.05) is 29.8 Å². The van der Waals surface area contributed by atoms with Crippen molar-refractivity contribution in [2.75, 3.05) is 0 Å². The number of carbonyl (C=O) groups excluding carboxylic acids is 1. The zero-order chi connectivity index (χ0) is 16.6. The van der Waals surface area contributed by atoms with E-state index in [1.807, 2.05) is 17.0 Å². The van der Waals surface area contributed by atoms with Gasteiger partial charge in [0, 0.05) is 10.9 Å². The second kappa shape index (κ2) is 5.97. The van der Waals surface area contributed by atoms with Crippen LogP contribution in [0.2, 0.25) is 4.34 Å². The van der Waals surface area contributed by atoms with E-state index < -0.39 is 15.9 Å². The fourth-order valence-electron chi connectivity index (χ4n) is 2.05. The number of halogens is 1. The number of para-hydroxylation sites is 1. The van der Waals surface area contributed by atoms with Gasteiger partial charge in [0.2, 0.25) is 0 Å². The Bertz CT molecular complexity index is 991. The molecule has 0 aliphatic heterocycles. The normalized spacial score (nSPS) is 11.7. The molecule has 3 aromatic rings. The van der Waals surface area contributed by atoms with Gasteiger partial charge >= 0.3 is 5.91 Å². The Labute approximate surface area is 141 Å². The van der Waals surface area contributed by atoms with Gasteiger partial charge in [0.05, 0.1) is 4.34 Å². The predicted octanol–water partition coefficient (Wildman–Crippen LogP) is 3.08. The average molecular weight is 371 g/mol. The third kappa shape index (κ3) is 3.11. The highest BCUT2D eigenvalue weighted by atomic mass is 35.5. The monoisotopic (exact) mass is 370 g/mol. The molecule has 0 radical (unpaired) electrons. The number of nitrogens with one attached hydrogen (secondary N) is 2. The number of hydrogen-bond donors (Lipinski definition) is 2. The molecule has 0 unspecified atom stereocenters. The summed E-state index contributed by atoms with van der Waals surface area (Å²) < 4.78 is 29.9. The van der Waals surface area contributed by atoms with E-state index in [1.165, 1.54) is 12.1 Å². The molecule has 0 fully saturated rings. The smallest absolute Gasteiger partial charge is 0.302 e. The van der Waals surface area contributed by atoms with Crippen LogP contribution in [0.1, 0.15) is 16.1 Å². The lowest BCUT2D eigenvalue weighted by Crippen LogP contribution is -2.41. The topological polar surface area (TPSA) is 88.4 Å². The van der Waals surface area contributed by atoms with Gasteiger partial charge in [-0.25, -0.2) is 8.42 Å². The summed E-state index contributed by atoms with van der Waals surface area (Å²) in [6.07, 6.45) is 0. The lowest BCUT2D eigenvalue weighted by atomic mass is 10.1. The second-order valence-electron chi connectivity index (χ2n) is 4.67. The SMILES string of the molecule is Cc1c(C(=O)NNS(=O)(=O)c2ccc(Cl)s2)oc2ccccc12. The number of benzene rings is 1. The Morgan fingerprint density at radius 3 is 2.61 bits per heavy atom. The van der Waals surface area contributed by atoms with Gasteiger partial charge in [0.15, 0.2) is 5.76 Å². The standard InChI is InChI=1S/C14H11ClN2O4S2/c1-8-9-4-2-3-5-10(9)21-13(8)14(18)16-17-23(19,20)12-7-6-11(15)22-12/h2-7,17H,1H3,(H,16,18). The zero-order valence-electron chi connectivity index (χ0n) is 11.8. The van der Waals surface area contributed by atoms with Gasteiger partial charge in [-0.2, -0.15) is 0 Å². The minimum atomic E-state index is -3.87. The zero-order valence-corrected chi connectivity index (χ0v) is 14.2. The van der Waals surface area contributed by atoms with Crippen LogP contribution in [0.4, 0.5) is 0 Å². The maximum Gasteiger partial charge on any atom is 0.302 e. The van der Waals surface area contributed by atoms with E-state index in [0.29, 0.717) is 15.5 Å². The van der Waals surface area contributed by atoms with Crippen molar-refractivity contribution >= 4 is 49.8 Å². The van der Waals surface area contributed by atoms with Gasteiger partial charge in [-0.3, -0.25) is 10.2 Å². The third-order valence-electron chi connectivity index (χ3n) is 3.16. The third-order valence-corrected chi connectivity index (χ3v) is 6.13. The molecule has 9 heteroatoms. The Hall–Kier alpha value is -1.87. The van der Waals surface area contributed by atoms with Crippen LogP contribution in [-0.4, -0.2) is 14.3 Å². The van der Waals surface area contributed by atoms with Crippen molar-refractivity contribution in [1.29, 1.82) is 0 Å². The van der Waals surface area contributed by atoms with Crippen molar-refractivity contribution in [3.63, 3.8) is 0 Å². The summed E-state index contributed by atoms with van der Waals surface area (Å²) in [5.41, 5.74) is 3.34. The van der Waals surface area contributed by atoms with E-state index in [2.05, 4.69) is 5.43 Å². The number of sulfonamides is 1. The van der Waals surface area contributed by atoms with Gasteiger partial charge in [-0.05, 0) is 25.1 Å². The van der Waals surface area contributed by atoms with Crippen LogP contribution < -0.4 is 10.3 Å². The van der Waals surface area contributed by atoms with Gasteiger partial charge in [-0.15, -0.1) is 16.2 Å². The Balaban J connectivity index is 1.80. The van der Waals surface area contributed by atoms with Crippen LogP contribution in [0.3, 0.4) is 0 Å². The molecule has 0 saturated carbocycles. The fourth-order valence-corrected chi connectivity index (χ4v) is 4.38. The van der Waals surface area contributed by atoms with E-state index >= 15 is 0 Å². The number of hydrogen-bond acceptors (Lipinski definition) is 5. The van der Waals surface area contributed by atoms with Crippen molar-refractivity contribution in [3.05, 3.63) is 52.1 Å². The lowest BCUT2D eigenvalue weighted by molar-refractivity contribution is 0.0918. The van der Waals surface area contributed by atoms with E-state index in [0.717, 1.165) is 16.7 Å². The first-order valence-electron chi connectivity index (χ1n) is 6.44. The maximum atomic E-state index is 12.2. The van der Waals surface area contributed by atoms with Crippen LogP contribution in [0.5, 0.6) is 0 Å². The molecular weight excluding hydrogens is 360 g/mol. The van der Waals surface area contributed by atoms with Crippen LogP contribution in [-0.2, 0) is 10.0 Å². The first-order valence-corrected chi connectivity index (χ1v) is 9.12. The highest BCUT2D eigenvalue weighted by Crippen LogP contribution is 2.26. The molecule has 0 bridgehead atoms. The molecule has 2 heterocycles. The van der Waals surface area contributed by atoms with Crippen molar-refractivity contribution < 1.29 is 17.6 Å². The summed E-state index contributed by atoms with van der Waals surface area (Å²) in [6.45, 7) is 1.73. The number of rotatable bonds is 4. The van der Waals surface area contributed by atoms with E-state index in [1.54, 1.807) is 19.1 Å². The van der Waals surface area contributed by atoms with E-state index in [9.17, 15) is 13.2 Å². The summed E-state index contributed by atoms with van der Waals surface area (Å²) in [6, 6.07) is 9.99.